The largest absolute Gasteiger partial charge is 0.0801 e. The van der Waals surface area contributed by atoms with Crippen molar-refractivity contribution >= 4 is 18.5 Å². The second kappa shape index (κ2) is 6.52. The summed E-state index contributed by atoms with van der Waals surface area (Å²) >= 11 is 0. The predicted molar refractivity (Wildman–Crippen MR) is 102 cm³/mol. The zero-order valence-corrected chi connectivity index (χ0v) is 13.9. The molecular formula is C22H19P. The third-order valence-corrected chi connectivity index (χ3v) is 6.87. The number of hydrogen-bond acceptors (Lipinski definition) is 0. The number of hydrogen-bond donors (Lipinski definition) is 0. The minimum atomic E-state index is -0.483. The Bertz CT molecular complexity index is 768. The van der Waals surface area contributed by atoms with Crippen LogP contribution in [0.25, 0.3) is 0 Å². The molecule has 0 aliphatic heterocycles. The van der Waals surface area contributed by atoms with Crippen molar-refractivity contribution in [3.8, 4) is 0 Å². The van der Waals surface area contributed by atoms with Crippen molar-refractivity contribution in [1.82, 2.24) is 0 Å². The highest BCUT2D eigenvalue weighted by molar-refractivity contribution is 7.77. The average Bonchev–Trinajstić information content (AvgIpc) is 3.28. The molecule has 0 saturated carbocycles. The van der Waals surface area contributed by atoms with Crippen molar-refractivity contribution in [3.63, 3.8) is 0 Å². The standard InChI is InChI=1S/C22H19P/c1-3-12-19(13-4-1)23(20-14-5-2-6-15-20)22-17-9-16-21(22)18-10-7-8-11-18/h1-10,12-15,17H,11,16H2. The molecule has 0 atom stereocenters. The van der Waals surface area contributed by atoms with Crippen molar-refractivity contribution in [3.05, 3.63) is 108 Å². The fourth-order valence-electron chi connectivity index (χ4n) is 3.25. The van der Waals surface area contributed by atoms with Crippen LogP contribution < -0.4 is 10.6 Å². The molecule has 2 aromatic rings. The van der Waals surface area contributed by atoms with Gasteiger partial charge in [0.2, 0.25) is 0 Å². The van der Waals surface area contributed by atoms with Crippen LogP contribution in [0, 0.1) is 0 Å². The smallest absolute Gasteiger partial charge is 0.00847 e. The van der Waals surface area contributed by atoms with Crippen LogP contribution >= 0.6 is 7.92 Å². The van der Waals surface area contributed by atoms with Crippen LogP contribution in [0.3, 0.4) is 0 Å². The second-order valence-electron chi connectivity index (χ2n) is 5.80. The number of allylic oxidation sites excluding steroid dienone is 8. The Labute approximate surface area is 139 Å². The van der Waals surface area contributed by atoms with E-state index in [2.05, 4.69) is 91.0 Å². The highest BCUT2D eigenvalue weighted by Gasteiger charge is 2.24. The molecule has 2 aromatic carbocycles. The van der Waals surface area contributed by atoms with Gasteiger partial charge >= 0.3 is 0 Å². The van der Waals surface area contributed by atoms with Crippen LogP contribution in [0.1, 0.15) is 12.8 Å². The van der Waals surface area contributed by atoms with Gasteiger partial charge in [-0.25, -0.2) is 0 Å². The average molecular weight is 314 g/mol. The summed E-state index contributed by atoms with van der Waals surface area (Å²) in [5, 5.41) is 4.38. The molecule has 0 radical (unpaired) electrons. The highest BCUT2D eigenvalue weighted by atomic mass is 31.1. The molecule has 0 nitrogen and oxygen atoms in total. The molecule has 4 rings (SSSR count). The first-order valence-corrected chi connectivity index (χ1v) is 9.43. The maximum atomic E-state index is 2.36. The molecule has 0 N–H and O–H groups in total. The highest BCUT2D eigenvalue weighted by Crippen LogP contribution is 2.50. The van der Waals surface area contributed by atoms with E-state index in [0.717, 1.165) is 12.8 Å². The van der Waals surface area contributed by atoms with Crippen LogP contribution in [0.15, 0.2) is 108 Å². The lowest BCUT2D eigenvalue weighted by Gasteiger charge is -2.22. The summed E-state index contributed by atoms with van der Waals surface area (Å²) in [5.74, 6) is 0. The van der Waals surface area contributed by atoms with Gasteiger partial charge in [0.25, 0.3) is 0 Å². The molecular weight excluding hydrogens is 295 g/mol. The molecule has 0 bridgehead atoms. The Kier molecular flexibility index (Phi) is 4.09. The second-order valence-corrected chi connectivity index (χ2v) is 7.99. The molecule has 1 heteroatoms. The van der Waals surface area contributed by atoms with E-state index in [1.165, 1.54) is 27.1 Å². The van der Waals surface area contributed by atoms with E-state index in [-0.39, 0.29) is 0 Å². The van der Waals surface area contributed by atoms with Crippen molar-refractivity contribution < 1.29 is 0 Å². The topological polar surface area (TPSA) is 0 Å². The Hall–Kier alpha value is -2.17. The maximum Gasteiger partial charge on any atom is -0.00847 e. The van der Waals surface area contributed by atoms with Crippen molar-refractivity contribution in [2.45, 2.75) is 12.8 Å². The van der Waals surface area contributed by atoms with Gasteiger partial charge in [0.1, 0.15) is 0 Å². The van der Waals surface area contributed by atoms with Crippen molar-refractivity contribution in [2.24, 2.45) is 0 Å². The van der Waals surface area contributed by atoms with E-state index in [4.69, 9.17) is 0 Å². The fourth-order valence-corrected chi connectivity index (χ4v) is 5.81. The monoisotopic (exact) mass is 314 g/mol. The lowest BCUT2D eigenvalue weighted by molar-refractivity contribution is 1.18. The quantitative estimate of drug-likeness (QED) is 0.679. The van der Waals surface area contributed by atoms with Gasteiger partial charge in [0.05, 0.1) is 0 Å². The molecule has 0 spiro atoms. The van der Waals surface area contributed by atoms with Crippen LogP contribution in [0.4, 0.5) is 0 Å². The van der Waals surface area contributed by atoms with E-state index in [1.54, 1.807) is 0 Å². The maximum absolute atomic E-state index is 2.36. The number of rotatable bonds is 4. The van der Waals surface area contributed by atoms with Gasteiger partial charge in [-0.15, -0.1) is 0 Å². The molecule has 112 valence electrons. The normalized spacial score (nSPS) is 16.5. The summed E-state index contributed by atoms with van der Waals surface area (Å²) in [7, 11) is -0.483. The first-order chi connectivity index (χ1) is 11.4. The Morgan fingerprint density at radius 3 is 1.91 bits per heavy atom. The first-order valence-electron chi connectivity index (χ1n) is 8.09. The van der Waals surface area contributed by atoms with Crippen LogP contribution in [-0.2, 0) is 0 Å². The minimum Gasteiger partial charge on any atom is -0.0801 e. The first kappa shape index (κ1) is 14.4. The summed E-state index contributed by atoms with van der Waals surface area (Å²) in [6, 6.07) is 21.9. The number of benzene rings is 2. The lowest BCUT2D eigenvalue weighted by Crippen LogP contribution is -2.12. The fraction of sp³-hybridized carbons (Fsp3) is 0.0909. The third kappa shape index (κ3) is 2.87. The molecule has 0 aromatic heterocycles. The van der Waals surface area contributed by atoms with Crippen molar-refractivity contribution in [1.29, 1.82) is 0 Å². The van der Waals surface area contributed by atoms with E-state index in [0.29, 0.717) is 0 Å². The van der Waals surface area contributed by atoms with E-state index in [1.807, 2.05) is 0 Å². The molecule has 0 heterocycles. The van der Waals surface area contributed by atoms with Gasteiger partial charge in [0, 0.05) is 0 Å². The molecule has 0 amide bonds. The summed E-state index contributed by atoms with van der Waals surface area (Å²) < 4.78 is 0. The molecule has 23 heavy (non-hydrogen) atoms. The molecule has 2 aliphatic rings. The van der Waals surface area contributed by atoms with Crippen molar-refractivity contribution in [2.75, 3.05) is 0 Å². The van der Waals surface area contributed by atoms with Crippen LogP contribution in [-0.4, -0.2) is 0 Å². The van der Waals surface area contributed by atoms with Gasteiger partial charge in [-0.1, -0.05) is 91.0 Å². The van der Waals surface area contributed by atoms with E-state index < -0.39 is 7.92 Å². The minimum absolute atomic E-state index is 0.483. The summed E-state index contributed by atoms with van der Waals surface area (Å²) in [6.07, 6.45) is 13.6. The van der Waals surface area contributed by atoms with Gasteiger partial charge in [-0.3, -0.25) is 0 Å². The Morgan fingerprint density at radius 2 is 1.35 bits per heavy atom. The van der Waals surface area contributed by atoms with Crippen LogP contribution in [0.2, 0.25) is 0 Å². The zero-order valence-electron chi connectivity index (χ0n) is 13.0. The summed E-state index contributed by atoms with van der Waals surface area (Å²) in [4.78, 5) is 0. The molecule has 0 fully saturated rings. The third-order valence-electron chi connectivity index (χ3n) is 4.34. The molecule has 0 saturated heterocycles. The van der Waals surface area contributed by atoms with E-state index >= 15 is 0 Å². The lowest BCUT2D eigenvalue weighted by atomic mass is 10.1. The SMILES string of the molecule is C1=CCC(C2=C(P(c3ccccc3)c3ccccc3)C=CC2)=C1. The van der Waals surface area contributed by atoms with Crippen LogP contribution in [0.5, 0.6) is 0 Å². The van der Waals surface area contributed by atoms with Gasteiger partial charge in [-0.05, 0) is 47.8 Å². The van der Waals surface area contributed by atoms with Gasteiger partial charge in [-0.2, -0.15) is 0 Å². The van der Waals surface area contributed by atoms with Gasteiger partial charge in [0.15, 0.2) is 0 Å². The zero-order chi connectivity index (χ0) is 15.5. The Balaban J connectivity index is 1.85. The van der Waals surface area contributed by atoms with Gasteiger partial charge < -0.3 is 0 Å². The summed E-state index contributed by atoms with van der Waals surface area (Å²) in [6.45, 7) is 0. The predicted octanol–water partition coefficient (Wildman–Crippen LogP) is 5.22. The molecule has 0 unspecified atom stereocenters. The van der Waals surface area contributed by atoms with E-state index in [9.17, 15) is 0 Å². The molecule has 2 aliphatic carbocycles. The summed E-state index contributed by atoms with van der Waals surface area (Å²) in [5.41, 5.74) is 3.03. The Morgan fingerprint density at radius 1 is 0.696 bits per heavy atom.